The predicted molar refractivity (Wildman–Crippen MR) is 103 cm³/mol. The summed E-state index contributed by atoms with van der Waals surface area (Å²) >= 11 is 0. The second kappa shape index (κ2) is 7.16. The van der Waals surface area contributed by atoms with Crippen LogP contribution in [0.25, 0.3) is 0 Å². The Kier molecular flexibility index (Phi) is 5.52. The maximum Gasteiger partial charge on any atom is 0.302 e. The van der Waals surface area contributed by atoms with Crippen LogP contribution in [0.5, 0.6) is 0 Å². The van der Waals surface area contributed by atoms with E-state index >= 15 is 0 Å². The van der Waals surface area contributed by atoms with E-state index in [1.807, 2.05) is 6.08 Å². The van der Waals surface area contributed by atoms with Crippen LogP contribution < -0.4 is 0 Å². The number of ether oxygens (including phenoxy) is 2. The van der Waals surface area contributed by atoms with Crippen LogP contribution in [0.15, 0.2) is 11.6 Å². The van der Waals surface area contributed by atoms with Crippen LogP contribution in [-0.2, 0) is 14.3 Å². The lowest BCUT2D eigenvalue weighted by molar-refractivity contribution is -0.139. The van der Waals surface area contributed by atoms with Crippen molar-refractivity contribution in [3.63, 3.8) is 0 Å². The minimum absolute atomic E-state index is 0.00645. The van der Waals surface area contributed by atoms with Crippen LogP contribution in [-0.4, -0.2) is 47.2 Å². The van der Waals surface area contributed by atoms with Crippen molar-refractivity contribution >= 4 is 5.97 Å². The Balaban J connectivity index is 1.77. The van der Waals surface area contributed by atoms with Gasteiger partial charge in [0.2, 0.25) is 0 Å². The molecule has 2 N–H and O–H groups in total. The van der Waals surface area contributed by atoms with Crippen molar-refractivity contribution in [2.75, 3.05) is 13.2 Å². The van der Waals surface area contributed by atoms with Crippen LogP contribution in [0.2, 0.25) is 0 Å². The predicted octanol–water partition coefficient (Wildman–Crippen LogP) is 3.23. The van der Waals surface area contributed by atoms with Gasteiger partial charge in [-0.25, -0.2) is 0 Å². The Bertz CT molecular complexity index is 616. The van der Waals surface area contributed by atoms with Gasteiger partial charge in [0, 0.05) is 12.3 Å². The second-order valence-electron chi connectivity index (χ2n) is 9.69. The first kappa shape index (κ1) is 20.8. The number of aliphatic hydroxyl groups is 2. The lowest BCUT2D eigenvalue weighted by Crippen LogP contribution is -2.58. The average Bonchev–Trinajstić information content (AvgIpc) is 3.32. The number of esters is 1. The molecule has 5 nitrogen and oxygen atoms in total. The van der Waals surface area contributed by atoms with E-state index in [0.29, 0.717) is 11.8 Å². The highest BCUT2D eigenvalue weighted by Crippen LogP contribution is 2.70. The summed E-state index contributed by atoms with van der Waals surface area (Å²) in [5.41, 5.74) is 0.865. The number of rotatable bonds is 6. The molecule has 0 spiro atoms. The molecule has 1 aliphatic heterocycles. The third-order valence-electron chi connectivity index (χ3n) is 8.45. The molecule has 0 bridgehead atoms. The Hall–Kier alpha value is -0.910. The van der Waals surface area contributed by atoms with Crippen molar-refractivity contribution in [2.45, 2.75) is 84.5 Å². The fourth-order valence-corrected chi connectivity index (χ4v) is 6.09. The van der Waals surface area contributed by atoms with Gasteiger partial charge in [0.05, 0.1) is 12.7 Å². The molecule has 0 aromatic rings. The van der Waals surface area contributed by atoms with E-state index in [4.69, 9.17) is 9.47 Å². The van der Waals surface area contributed by atoms with Crippen LogP contribution in [0.4, 0.5) is 0 Å². The average molecular weight is 381 g/mol. The summed E-state index contributed by atoms with van der Waals surface area (Å²) in [5, 5.41) is 20.3. The van der Waals surface area contributed by atoms with Crippen LogP contribution in [0, 0.1) is 22.7 Å². The topological polar surface area (TPSA) is 79.3 Å². The first-order chi connectivity index (χ1) is 12.6. The van der Waals surface area contributed by atoms with Crippen molar-refractivity contribution < 1.29 is 24.5 Å². The smallest absolute Gasteiger partial charge is 0.302 e. The van der Waals surface area contributed by atoms with Gasteiger partial charge in [-0.3, -0.25) is 4.79 Å². The first-order valence-corrected chi connectivity index (χ1v) is 10.4. The largest absolute Gasteiger partial charge is 0.462 e. The molecular formula is C22H36O5. The fraction of sp³-hybridized carbons (Fsp3) is 0.864. The Morgan fingerprint density at radius 2 is 2.04 bits per heavy atom. The molecule has 154 valence electrons. The molecule has 5 heteroatoms. The number of epoxide rings is 1. The summed E-state index contributed by atoms with van der Waals surface area (Å²) in [5.74, 6) is 0.631. The molecule has 3 rings (SSSR count). The summed E-state index contributed by atoms with van der Waals surface area (Å²) in [6, 6.07) is 0. The summed E-state index contributed by atoms with van der Waals surface area (Å²) in [4.78, 5) is 11.0. The lowest BCUT2D eigenvalue weighted by atomic mass is 9.44. The minimum atomic E-state index is -0.380. The van der Waals surface area contributed by atoms with Gasteiger partial charge in [0.15, 0.2) is 0 Å². The molecule has 1 saturated heterocycles. The third-order valence-corrected chi connectivity index (χ3v) is 8.45. The monoisotopic (exact) mass is 380 g/mol. The normalized spacial score (nSPS) is 46.4. The molecule has 2 aliphatic carbocycles. The lowest BCUT2D eigenvalue weighted by Gasteiger charge is -2.59. The Morgan fingerprint density at radius 3 is 2.67 bits per heavy atom. The van der Waals surface area contributed by atoms with Crippen molar-refractivity contribution in [3.8, 4) is 0 Å². The minimum Gasteiger partial charge on any atom is -0.462 e. The fourth-order valence-electron chi connectivity index (χ4n) is 6.09. The molecule has 0 radical (unpaired) electrons. The van der Waals surface area contributed by atoms with Gasteiger partial charge in [-0.1, -0.05) is 20.8 Å². The first-order valence-electron chi connectivity index (χ1n) is 10.4. The van der Waals surface area contributed by atoms with Crippen molar-refractivity contribution in [2.24, 2.45) is 22.7 Å². The Labute approximate surface area is 163 Å². The molecule has 0 unspecified atom stereocenters. The van der Waals surface area contributed by atoms with Gasteiger partial charge >= 0.3 is 5.97 Å². The van der Waals surface area contributed by atoms with Crippen molar-refractivity contribution in [1.29, 1.82) is 0 Å². The van der Waals surface area contributed by atoms with Crippen LogP contribution in [0.3, 0.4) is 0 Å². The number of hydrogen-bond donors (Lipinski definition) is 2. The molecule has 2 saturated carbocycles. The molecule has 3 aliphatic rings. The molecule has 1 heterocycles. The zero-order valence-corrected chi connectivity index (χ0v) is 17.5. The molecule has 0 aromatic carbocycles. The summed E-state index contributed by atoms with van der Waals surface area (Å²) in [6.07, 6.45) is 6.27. The number of carbonyl (C=O) groups is 1. The molecular weight excluding hydrogens is 344 g/mol. The van der Waals surface area contributed by atoms with Crippen LogP contribution in [0.1, 0.15) is 66.7 Å². The van der Waals surface area contributed by atoms with Gasteiger partial charge in [0.25, 0.3) is 0 Å². The summed E-state index contributed by atoms with van der Waals surface area (Å²) in [7, 11) is 0. The molecule has 3 fully saturated rings. The molecule has 7 atom stereocenters. The highest BCUT2D eigenvalue weighted by atomic mass is 16.6. The van der Waals surface area contributed by atoms with E-state index in [1.165, 1.54) is 6.92 Å². The van der Waals surface area contributed by atoms with E-state index in [9.17, 15) is 15.0 Å². The van der Waals surface area contributed by atoms with Crippen LogP contribution >= 0.6 is 0 Å². The number of carbonyl (C=O) groups excluding carboxylic acids is 1. The summed E-state index contributed by atoms with van der Waals surface area (Å²) < 4.78 is 11.0. The van der Waals surface area contributed by atoms with E-state index in [-0.39, 0.29) is 47.8 Å². The van der Waals surface area contributed by atoms with Gasteiger partial charge in [-0.05, 0) is 67.9 Å². The van der Waals surface area contributed by atoms with Crippen molar-refractivity contribution in [3.05, 3.63) is 11.6 Å². The zero-order chi connectivity index (χ0) is 20.0. The van der Waals surface area contributed by atoms with E-state index < -0.39 is 0 Å². The number of hydrogen-bond acceptors (Lipinski definition) is 5. The van der Waals surface area contributed by atoms with E-state index in [0.717, 1.165) is 37.7 Å². The van der Waals surface area contributed by atoms with Crippen molar-refractivity contribution in [1.82, 2.24) is 0 Å². The molecule has 0 amide bonds. The van der Waals surface area contributed by atoms with Gasteiger partial charge in [0.1, 0.15) is 18.3 Å². The highest BCUT2D eigenvalue weighted by Gasteiger charge is 2.74. The highest BCUT2D eigenvalue weighted by molar-refractivity contribution is 5.66. The molecule has 27 heavy (non-hydrogen) atoms. The standard InChI is InChI=1S/C22H36O5/c1-14-6-10-21(4)18(12-17(25)19-22(21,5)27-19)20(14,3)9-7-16(13-23)8-11-26-15(2)24/h8,14,17-19,23,25H,6-7,9-13H2,1-5H3/b16-8-/t14-,17-,18-,19+,20+,21-,22+/m1/s1. The maximum absolute atomic E-state index is 11.0. The van der Waals surface area contributed by atoms with E-state index in [1.54, 1.807) is 0 Å². The molecule has 0 aromatic heterocycles. The van der Waals surface area contributed by atoms with Gasteiger partial charge in [-0.15, -0.1) is 0 Å². The number of aliphatic hydroxyl groups excluding tert-OH is 2. The van der Waals surface area contributed by atoms with E-state index in [2.05, 4.69) is 27.7 Å². The van der Waals surface area contributed by atoms with Gasteiger partial charge < -0.3 is 19.7 Å². The van der Waals surface area contributed by atoms with Gasteiger partial charge in [-0.2, -0.15) is 0 Å². The Morgan fingerprint density at radius 1 is 1.33 bits per heavy atom. The SMILES string of the molecule is CC(=O)OC/C=C(\CO)CC[C@@]1(C)[C@H](C)CC[C@]2(C)[C@@H]1C[C@@H](O)[C@@H]1O[C@@]12C. The second-order valence-corrected chi connectivity index (χ2v) is 9.69. The maximum atomic E-state index is 11.0. The number of fused-ring (bicyclic) bond motifs is 3. The summed E-state index contributed by atoms with van der Waals surface area (Å²) in [6.45, 7) is 10.8. The zero-order valence-electron chi connectivity index (χ0n) is 17.5. The third kappa shape index (κ3) is 3.36. The quantitative estimate of drug-likeness (QED) is 0.420.